The summed E-state index contributed by atoms with van der Waals surface area (Å²) in [7, 11) is 0. The summed E-state index contributed by atoms with van der Waals surface area (Å²) in [4.78, 5) is 23.7. The lowest BCUT2D eigenvalue weighted by Gasteiger charge is -2.60. The molecule has 1 heterocycles. The molecule has 1 aromatic heterocycles. The Hall–Kier alpha value is -1.65. The van der Waals surface area contributed by atoms with Gasteiger partial charge in [-0.25, -0.2) is 4.68 Å². The molecule has 4 aliphatic rings. The van der Waals surface area contributed by atoms with Gasteiger partial charge in [0, 0.05) is 19.4 Å². The molecule has 5 heteroatoms. The maximum atomic E-state index is 12.2. The SMILES string of the molecule is CC(=O)OC1CCC2(C)C(CCC3C4Cc5c(c(C)nn5C(C)=O)C4(C)CCC32)C1. The van der Waals surface area contributed by atoms with Crippen molar-refractivity contribution in [2.75, 3.05) is 0 Å². The molecule has 0 aromatic carbocycles. The normalized spacial score (nSPS) is 42.0. The zero-order valence-corrected chi connectivity index (χ0v) is 19.2. The Bertz CT molecular complexity index is 904. The third kappa shape index (κ3) is 2.69. The number of ether oxygens (including phenoxy) is 1. The molecule has 3 saturated carbocycles. The summed E-state index contributed by atoms with van der Waals surface area (Å²) in [6.07, 6.45) is 9.34. The number of aromatic nitrogens is 2. The molecule has 0 saturated heterocycles. The number of nitrogens with zero attached hydrogens (tertiary/aromatic N) is 2. The maximum Gasteiger partial charge on any atom is 0.302 e. The molecule has 0 radical (unpaired) electrons. The minimum absolute atomic E-state index is 0.0395. The number of hydrogen-bond acceptors (Lipinski definition) is 4. The number of esters is 1. The Balaban J connectivity index is 1.43. The number of fused-ring (bicyclic) bond motifs is 7. The highest BCUT2D eigenvalue weighted by Gasteiger charge is 2.60. The fourth-order valence-electron chi connectivity index (χ4n) is 8.54. The van der Waals surface area contributed by atoms with E-state index >= 15 is 0 Å². The second kappa shape index (κ2) is 6.67. The summed E-state index contributed by atoms with van der Waals surface area (Å²) in [5, 5.41) is 4.61. The first kappa shape index (κ1) is 20.3. The van der Waals surface area contributed by atoms with Gasteiger partial charge in [-0.2, -0.15) is 5.10 Å². The first-order valence-corrected chi connectivity index (χ1v) is 11.9. The van der Waals surface area contributed by atoms with Gasteiger partial charge in [0.2, 0.25) is 5.91 Å². The molecule has 0 aliphatic heterocycles. The van der Waals surface area contributed by atoms with Crippen molar-refractivity contribution in [3.63, 3.8) is 0 Å². The zero-order chi connectivity index (χ0) is 21.4. The first-order valence-electron chi connectivity index (χ1n) is 11.9. The highest BCUT2D eigenvalue weighted by atomic mass is 16.5. The molecule has 0 N–H and O–H groups in total. The van der Waals surface area contributed by atoms with E-state index < -0.39 is 0 Å². The smallest absolute Gasteiger partial charge is 0.302 e. The van der Waals surface area contributed by atoms with Gasteiger partial charge >= 0.3 is 5.97 Å². The minimum atomic E-state index is -0.135. The molecule has 5 nitrogen and oxygen atoms in total. The number of aryl methyl sites for hydroxylation is 1. The summed E-state index contributed by atoms with van der Waals surface area (Å²) < 4.78 is 7.30. The van der Waals surface area contributed by atoms with Crippen LogP contribution >= 0.6 is 0 Å². The van der Waals surface area contributed by atoms with Crippen molar-refractivity contribution in [3.05, 3.63) is 17.0 Å². The third-order valence-corrected chi connectivity index (χ3v) is 9.78. The van der Waals surface area contributed by atoms with Crippen LogP contribution in [0, 0.1) is 36.0 Å². The van der Waals surface area contributed by atoms with Crippen LogP contribution in [0.3, 0.4) is 0 Å². The van der Waals surface area contributed by atoms with Crippen molar-refractivity contribution in [1.29, 1.82) is 0 Å². The van der Waals surface area contributed by atoms with E-state index in [0.29, 0.717) is 17.3 Å². The average molecular weight is 413 g/mol. The highest BCUT2D eigenvalue weighted by Crippen LogP contribution is 2.66. The molecule has 5 rings (SSSR count). The van der Waals surface area contributed by atoms with Gasteiger partial charge in [-0.3, -0.25) is 9.59 Å². The predicted octanol–water partition coefficient (Wildman–Crippen LogP) is 4.84. The lowest BCUT2D eigenvalue weighted by molar-refractivity contribution is -0.157. The van der Waals surface area contributed by atoms with E-state index in [4.69, 9.17) is 4.74 Å². The van der Waals surface area contributed by atoms with Gasteiger partial charge in [-0.1, -0.05) is 13.8 Å². The van der Waals surface area contributed by atoms with Crippen LogP contribution in [0.25, 0.3) is 0 Å². The quantitative estimate of drug-likeness (QED) is 0.619. The molecule has 7 unspecified atom stereocenters. The van der Waals surface area contributed by atoms with Gasteiger partial charge in [0.1, 0.15) is 6.10 Å². The fraction of sp³-hybridized carbons (Fsp3) is 0.800. The summed E-state index contributed by atoms with van der Waals surface area (Å²) >= 11 is 0. The van der Waals surface area contributed by atoms with E-state index in [0.717, 1.165) is 36.8 Å². The van der Waals surface area contributed by atoms with Crippen LogP contribution in [0.5, 0.6) is 0 Å². The summed E-state index contributed by atoms with van der Waals surface area (Å²) in [5.74, 6) is 2.66. The van der Waals surface area contributed by atoms with E-state index in [9.17, 15) is 9.59 Å². The number of rotatable bonds is 1. The molecule has 1 aromatic rings. The van der Waals surface area contributed by atoms with Crippen LogP contribution in [0.1, 0.15) is 94.4 Å². The molecule has 3 fully saturated rings. The Morgan fingerprint density at radius 1 is 1.07 bits per heavy atom. The largest absolute Gasteiger partial charge is 0.463 e. The van der Waals surface area contributed by atoms with Crippen molar-refractivity contribution in [3.8, 4) is 0 Å². The van der Waals surface area contributed by atoms with Crippen molar-refractivity contribution >= 4 is 11.9 Å². The predicted molar refractivity (Wildman–Crippen MR) is 114 cm³/mol. The second-order valence-corrected chi connectivity index (χ2v) is 11.2. The lowest BCUT2D eigenvalue weighted by atomic mass is 9.45. The van der Waals surface area contributed by atoms with Crippen molar-refractivity contribution < 1.29 is 14.3 Å². The molecule has 0 spiro atoms. The molecule has 30 heavy (non-hydrogen) atoms. The van der Waals surface area contributed by atoms with E-state index in [2.05, 4.69) is 25.9 Å². The standard InChI is InChI=1S/C25H36N2O3/c1-14-23-22(27(26-14)15(2)28)13-21-19-7-6-17-12-18(30-16(3)29)8-10-24(17,4)20(19)9-11-25(21,23)5/h17-21H,6-13H2,1-5H3. The van der Waals surface area contributed by atoms with Gasteiger partial charge < -0.3 is 4.74 Å². The fourth-order valence-corrected chi connectivity index (χ4v) is 8.54. The number of carbonyl (C=O) groups is 2. The lowest BCUT2D eigenvalue weighted by Crippen LogP contribution is -2.54. The Morgan fingerprint density at radius 3 is 2.53 bits per heavy atom. The third-order valence-electron chi connectivity index (χ3n) is 9.78. The van der Waals surface area contributed by atoms with Crippen LogP contribution < -0.4 is 0 Å². The highest BCUT2D eigenvalue weighted by molar-refractivity contribution is 5.77. The van der Waals surface area contributed by atoms with Crippen LogP contribution in [-0.2, 0) is 21.4 Å². The van der Waals surface area contributed by atoms with E-state index in [1.54, 1.807) is 11.6 Å². The first-order chi connectivity index (χ1) is 14.1. The maximum absolute atomic E-state index is 12.2. The molecule has 7 atom stereocenters. The summed E-state index contributed by atoms with van der Waals surface area (Å²) in [5.41, 5.74) is 4.15. The zero-order valence-electron chi connectivity index (χ0n) is 19.2. The molecular formula is C25H36N2O3. The number of hydrogen-bond donors (Lipinski definition) is 0. The Morgan fingerprint density at radius 2 is 1.83 bits per heavy atom. The van der Waals surface area contributed by atoms with Gasteiger partial charge in [-0.15, -0.1) is 0 Å². The molecule has 4 aliphatic carbocycles. The monoisotopic (exact) mass is 412 g/mol. The van der Waals surface area contributed by atoms with Gasteiger partial charge in [0.05, 0.1) is 11.4 Å². The van der Waals surface area contributed by atoms with Gasteiger partial charge in [0.25, 0.3) is 0 Å². The van der Waals surface area contributed by atoms with Crippen LogP contribution in [0.2, 0.25) is 0 Å². The topological polar surface area (TPSA) is 61.2 Å². The van der Waals surface area contributed by atoms with Crippen LogP contribution in [-0.4, -0.2) is 27.8 Å². The van der Waals surface area contributed by atoms with E-state index in [1.165, 1.54) is 50.3 Å². The van der Waals surface area contributed by atoms with Gasteiger partial charge in [-0.05, 0) is 92.8 Å². The summed E-state index contributed by atoms with van der Waals surface area (Å²) in [6, 6.07) is 0. The van der Waals surface area contributed by atoms with Crippen molar-refractivity contribution in [2.24, 2.45) is 29.1 Å². The van der Waals surface area contributed by atoms with E-state index in [1.807, 2.05) is 0 Å². The van der Waals surface area contributed by atoms with Crippen molar-refractivity contribution in [1.82, 2.24) is 9.78 Å². The molecule has 0 bridgehead atoms. The summed E-state index contributed by atoms with van der Waals surface area (Å²) in [6.45, 7) is 10.2. The van der Waals surface area contributed by atoms with E-state index in [-0.39, 0.29) is 23.4 Å². The molecule has 164 valence electrons. The Labute approximate surface area is 179 Å². The average Bonchev–Trinajstić information content (AvgIpc) is 3.16. The van der Waals surface area contributed by atoms with Crippen LogP contribution in [0.4, 0.5) is 0 Å². The molecular weight excluding hydrogens is 376 g/mol. The Kier molecular flexibility index (Phi) is 4.51. The minimum Gasteiger partial charge on any atom is -0.463 e. The van der Waals surface area contributed by atoms with Crippen LogP contribution in [0.15, 0.2) is 0 Å². The van der Waals surface area contributed by atoms with Gasteiger partial charge in [0.15, 0.2) is 0 Å². The number of carbonyl (C=O) groups excluding carboxylic acids is 2. The molecule has 0 amide bonds. The second-order valence-electron chi connectivity index (χ2n) is 11.2. The van der Waals surface area contributed by atoms with Crippen molar-refractivity contribution in [2.45, 2.75) is 97.5 Å².